The van der Waals surface area contributed by atoms with E-state index in [1.807, 2.05) is 34.1 Å². The molecule has 0 saturated carbocycles. The molecule has 0 aromatic heterocycles. The van der Waals surface area contributed by atoms with Crippen molar-refractivity contribution in [3.8, 4) is 0 Å². The predicted molar refractivity (Wildman–Crippen MR) is 108 cm³/mol. The molecule has 0 spiro atoms. The molecule has 27 heavy (non-hydrogen) atoms. The average molecular weight is 392 g/mol. The molecule has 2 aliphatic rings. The summed E-state index contributed by atoms with van der Waals surface area (Å²) >= 11 is 5.90. The van der Waals surface area contributed by atoms with Crippen LogP contribution in [0.5, 0.6) is 0 Å². The smallest absolute Gasteiger partial charge is 0.236 e. The molecular formula is C21H30ClN3O2. The number of piperidine rings is 1. The second kappa shape index (κ2) is 10.1. The van der Waals surface area contributed by atoms with Crippen molar-refractivity contribution in [3.05, 3.63) is 34.9 Å². The van der Waals surface area contributed by atoms with Crippen molar-refractivity contribution in [2.75, 3.05) is 45.8 Å². The van der Waals surface area contributed by atoms with Gasteiger partial charge in [-0.05, 0) is 49.8 Å². The van der Waals surface area contributed by atoms with Crippen molar-refractivity contribution in [1.29, 1.82) is 0 Å². The van der Waals surface area contributed by atoms with Crippen molar-refractivity contribution in [1.82, 2.24) is 14.7 Å². The summed E-state index contributed by atoms with van der Waals surface area (Å²) in [7, 11) is 0. The van der Waals surface area contributed by atoms with Gasteiger partial charge in [-0.2, -0.15) is 0 Å². The zero-order valence-corrected chi connectivity index (χ0v) is 16.8. The highest BCUT2D eigenvalue weighted by molar-refractivity contribution is 6.30. The maximum Gasteiger partial charge on any atom is 0.236 e. The zero-order valence-electron chi connectivity index (χ0n) is 16.0. The molecule has 5 nitrogen and oxygen atoms in total. The molecule has 2 amide bonds. The quantitative estimate of drug-likeness (QED) is 0.749. The van der Waals surface area contributed by atoms with E-state index < -0.39 is 0 Å². The summed E-state index contributed by atoms with van der Waals surface area (Å²) in [4.78, 5) is 30.9. The molecule has 1 aromatic rings. The van der Waals surface area contributed by atoms with Crippen LogP contribution in [0.3, 0.4) is 0 Å². The van der Waals surface area contributed by atoms with E-state index in [0.717, 1.165) is 70.0 Å². The van der Waals surface area contributed by atoms with E-state index in [1.54, 1.807) is 0 Å². The number of hydrogen-bond donors (Lipinski definition) is 0. The molecule has 0 atom stereocenters. The number of amides is 2. The number of carbonyl (C=O) groups is 2. The molecule has 2 saturated heterocycles. The van der Waals surface area contributed by atoms with Crippen molar-refractivity contribution >= 4 is 23.4 Å². The first kappa shape index (κ1) is 20.2. The molecule has 148 valence electrons. The van der Waals surface area contributed by atoms with E-state index in [2.05, 4.69) is 4.90 Å². The summed E-state index contributed by atoms with van der Waals surface area (Å²) in [5.41, 5.74) is 1.22. The van der Waals surface area contributed by atoms with Gasteiger partial charge in [-0.1, -0.05) is 23.7 Å². The Kier molecular flexibility index (Phi) is 7.53. The summed E-state index contributed by atoms with van der Waals surface area (Å²) in [5, 5.41) is 0.742. The Balaban J connectivity index is 1.33. The van der Waals surface area contributed by atoms with Crippen LogP contribution in [0.4, 0.5) is 0 Å². The normalized spacial score (nSPS) is 18.6. The Bertz CT molecular complexity index is 621. The third-order valence-corrected chi connectivity index (χ3v) is 5.81. The lowest BCUT2D eigenvalue weighted by Gasteiger charge is -2.36. The van der Waals surface area contributed by atoms with Crippen LogP contribution in [0.2, 0.25) is 5.02 Å². The third kappa shape index (κ3) is 6.22. The van der Waals surface area contributed by atoms with Crippen LogP contribution in [0.15, 0.2) is 24.3 Å². The second-order valence-electron chi connectivity index (χ2n) is 7.58. The van der Waals surface area contributed by atoms with E-state index >= 15 is 0 Å². The first-order chi connectivity index (χ1) is 13.1. The SMILES string of the molecule is O=C(CCCc1ccc(Cl)cc1)N1CCN(CC(=O)N2CCCCC2)CC1. The number of halogens is 1. The van der Waals surface area contributed by atoms with E-state index in [0.29, 0.717) is 13.0 Å². The van der Waals surface area contributed by atoms with E-state index in [4.69, 9.17) is 11.6 Å². The lowest BCUT2D eigenvalue weighted by molar-refractivity contribution is -0.135. The molecule has 2 heterocycles. The van der Waals surface area contributed by atoms with Crippen molar-refractivity contribution < 1.29 is 9.59 Å². The van der Waals surface area contributed by atoms with Gasteiger partial charge in [0.15, 0.2) is 0 Å². The highest BCUT2D eigenvalue weighted by atomic mass is 35.5. The lowest BCUT2D eigenvalue weighted by atomic mass is 10.1. The van der Waals surface area contributed by atoms with Gasteiger partial charge in [-0.25, -0.2) is 0 Å². The molecule has 2 fully saturated rings. The Labute approximate surface area is 167 Å². The fourth-order valence-electron chi connectivity index (χ4n) is 3.84. The minimum atomic E-state index is 0.228. The fourth-order valence-corrected chi connectivity index (χ4v) is 3.97. The first-order valence-corrected chi connectivity index (χ1v) is 10.5. The van der Waals surface area contributed by atoms with Crippen LogP contribution in [-0.4, -0.2) is 72.3 Å². The summed E-state index contributed by atoms with van der Waals surface area (Å²) in [6.45, 7) is 5.36. The number of likely N-dealkylation sites (tertiary alicyclic amines) is 1. The number of piperazine rings is 1. The number of aryl methyl sites for hydroxylation is 1. The molecule has 0 unspecified atom stereocenters. The van der Waals surface area contributed by atoms with Gasteiger partial charge in [0.05, 0.1) is 6.54 Å². The highest BCUT2D eigenvalue weighted by Gasteiger charge is 2.24. The minimum absolute atomic E-state index is 0.228. The monoisotopic (exact) mass is 391 g/mol. The van der Waals surface area contributed by atoms with Gasteiger partial charge in [0.25, 0.3) is 0 Å². The maximum atomic E-state index is 12.4. The molecular weight excluding hydrogens is 362 g/mol. The number of hydrogen-bond acceptors (Lipinski definition) is 3. The Morgan fingerprint density at radius 1 is 0.815 bits per heavy atom. The van der Waals surface area contributed by atoms with Crippen molar-refractivity contribution in [2.24, 2.45) is 0 Å². The maximum absolute atomic E-state index is 12.4. The van der Waals surface area contributed by atoms with Gasteiger partial charge in [0.1, 0.15) is 0 Å². The average Bonchev–Trinajstić information content (AvgIpc) is 2.70. The van der Waals surface area contributed by atoms with Gasteiger partial charge >= 0.3 is 0 Å². The number of carbonyl (C=O) groups excluding carboxylic acids is 2. The molecule has 6 heteroatoms. The van der Waals surface area contributed by atoms with Gasteiger partial charge in [-0.3, -0.25) is 14.5 Å². The van der Waals surface area contributed by atoms with E-state index in [9.17, 15) is 9.59 Å². The van der Waals surface area contributed by atoms with Crippen molar-refractivity contribution in [3.63, 3.8) is 0 Å². The van der Waals surface area contributed by atoms with Crippen LogP contribution in [0.25, 0.3) is 0 Å². The summed E-state index contributed by atoms with van der Waals surface area (Å²) < 4.78 is 0. The Hall–Kier alpha value is -1.59. The predicted octanol–water partition coefficient (Wildman–Crippen LogP) is 2.82. The minimum Gasteiger partial charge on any atom is -0.342 e. The van der Waals surface area contributed by atoms with E-state index in [1.165, 1.54) is 12.0 Å². The number of rotatable bonds is 6. The van der Waals surface area contributed by atoms with Crippen LogP contribution in [-0.2, 0) is 16.0 Å². The molecule has 1 aromatic carbocycles. The van der Waals surface area contributed by atoms with Crippen LogP contribution in [0.1, 0.15) is 37.7 Å². The zero-order chi connectivity index (χ0) is 19.1. The standard InChI is InChI=1S/C21H30ClN3O2/c22-19-9-7-18(8-10-19)5-4-6-20(26)25-15-13-23(14-16-25)17-21(27)24-11-2-1-3-12-24/h7-10H,1-6,11-17H2. The number of benzene rings is 1. The van der Waals surface area contributed by atoms with Gasteiger partial charge in [0, 0.05) is 50.7 Å². The topological polar surface area (TPSA) is 43.9 Å². The summed E-state index contributed by atoms with van der Waals surface area (Å²) in [5.74, 6) is 0.475. The summed E-state index contributed by atoms with van der Waals surface area (Å²) in [6, 6.07) is 7.82. The molecule has 0 radical (unpaired) electrons. The summed E-state index contributed by atoms with van der Waals surface area (Å²) in [6.07, 6.45) is 5.83. The molecule has 3 rings (SSSR count). The molecule has 0 bridgehead atoms. The number of nitrogens with zero attached hydrogens (tertiary/aromatic N) is 3. The Morgan fingerprint density at radius 3 is 2.11 bits per heavy atom. The van der Waals surface area contributed by atoms with Gasteiger partial charge < -0.3 is 9.80 Å². The van der Waals surface area contributed by atoms with Crippen molar-refractivity contribution in [2.45, 2.75) is 38.5 Å². The molecule has 0 aliphatic carbocycles. The molecule has 0 N–H and O–H groups in total. The lowest BCUT2D eigenvalue weighted by Crippen LogP contribution is -2.52. The van der Waals surface area contributed by atoms with E-state index in [-0.39, 0.29) is 11.8 Å². The largest absolute Gasteiger partial charge is 0.342 e. The third-order valence-electron chi connectivity index (χ3n) is 5.56. The van der Waals surface area contributed by atoms with Crippen LogP contribution >= 0.6 is 11.6 Å². The molecule has 2 aliphatic heterocycles. The highest BCUT2D eigenvalue weighted by Crippen LogP contribution is 2.13. The van der Waals surface area contributed by atoms with Crippen LogP contribution < -0.4 is 0 Å². The Morgan fingerprint density at radius 2 is 1.44 bits per heavy atom. The second-order valence-corrected chi connectivity index (χ2v) is 8.01. The van der Waals surface area contributed by atoms with Gasteiger partial charge in [-0.15, -0.1) is 0 Å². The first-order valence-electron chi connectivity index (χ1n) is 10.1. The van der Waals surface area contributed by atoms with Crippen LogP contribution in [0, 0.1) is 0 Å². The van der Waals surface area contributed by atoms with Gasteiger partial charge in [0.2, 0.25) is 11.8 Å². The fraction of sp³-hybridized carbons (Fsp3) is 0.619.